The van der Waals surface area contributed by atoms with Gasteiger partial charge in [-0.25, -0.2) is 9.19 Å². The van der Waals surface area contributed by atoms with E-state index >= 15 is 0 Å². The average molecular weight is 562 g/mol. The van der Waals surface area contributed by atoms with Gasteiger partial charge in [-0.05, 0) is 49.7 Å². The largest absolute Gasteiger partial charge is 0.480 e. The van der Waals surface area contributed by atoms with Crippen molar-refractivity contribution in [3.05, 3.63) is 66.2 Å². The number of ether oxygens (including phenoxy) is 2. The second kappa shape index (κ2) is 11.9. The summed E-state index contributed by atoms with van der Waals surface area (Å²) < 4.78 is 33.4. The molecule has 2 aromatic heterocycles. The standard InChI is InChI=1S/C28H31N7O4S/c1-17-14-35(15-18(2)38-17)16-26-32-33-27(39-26)22-9-19(20-10-24(30)28(37-3)31-13-20)11-25(23(22)12-29)34-40(36)21-7-5-4-6-8-21/h4-13,17-18,29,34H,14-16,30H2,1-3H3. The number of nitrogens with one attached hydrogen (secondary N) is 2. The Balaban J connectivity index is 1.55. The van der Waals surface area contributed by atoms with Crippen molar-refractivity contribution in [1.29, 1.82) is 5.41 Å². The lowest BCUT2D eigenvalue weighted by Gasteiger charge is -2.34. The first-order valence-electron chi connectivity index (χ1n) is 12.8. The first-order chi connectivity index (χ1) is 19.3. The molecule has 0 amide bonds. The van der Waals surface area contributed by atoms with Gasteiger partial charge in [-0.3, -0.25) is 4.90 Å². The fourth-order valence-corrected chi connectivity index (χ4v) is 5.66. The highest BCUT2D eigenvalue weighted by Gasteiger charge is 2.25. The Morgan fingerprint density at radius 3 is 2.58 bits per heavy atom. The molecule has 0 aliphatic carbocycles. The molecule has 0 radical (unpaired) electrons. The number of morpholine rings is 1. The number of benzene rings is 2. The molecule has 0 bridgehead atoms. The van der Waals surface area contributed by atoms with Crippen LogP contribution in [0, 0.1) is 5.41 Å². The van der Waals surface area contributed by atoms with Crippen LogP contribution in [-0.2, 0) is 22.3 Å². The molecule has 1 saturated heterocycles. The van der Waals surface area contributed by atoms with Crippen molar-refractivity contribution >= 4 is 28.6 Å². The Bertz CT molecular complexity index is 1520. The number of hydrogen-bond acceptors (Lipinski definition) is 10. The zero-order valence-corrected chi connectivity index (χ0v) is 23.3. The molecule has 4 N–H and O–H groups in total. The summed E-state index contributed by atoms with van der Waals surface area (Å²) in [6.45, 7) is 6.08. The topological polar surface area (TPSA) is 152 Å². The summed E-state index contributed by atoms with van der Waals surface area (Å²) in [6, 6.07) is 14.4. The van der Waals surface area contributed by atoms with E-state index in [1.165, 1.54) is 13.3 Å². The van der Waals surface area contributed by atoms with Crippen molar-refractivity contribution < 1.29 is 18.1 Å². The average Bonchev–Trinajstić information content (AvgIpc) is 3.40. The molecule has 3 heterocycles. The number of methoxy groups -OCH3 is 1. The van der Waals surface area contributed by atoms with E-state index < -0.39 is 11.0 Å². The van der Waals surface area contributed by atoms with E-state index in [0.717, 1.165) is 13.1 Å². The molecule has 208 valence electrons. The molecule has 11 nitrogen and oxygen atoms in total. The molecule has 5 rings (SSSR count). The number of nitrogen functional groups attached to an aromatic ring is 1. The van der Waals surface area contributed by atoms with Crippen LogP contribution < -0.4 is 15.2 Å². The Hall–Kier alpha value is -4.13. The predicted molar refractivity (Wildman–Crippen MR) is 154 cm³/mol. The summed E-state index contributed by atoms with van der Waals surface area (Å²) in [4.78, 5) is 7.10. The number of pyridine rings is 1. The van der Waals surface area contributed by atoms with Gasteiger partial charge in [-0.1, -0.05) is 18.2 Å². The van der Waals surface area contributed by atoms with Crippen molar-refractivity contribution in [3.8, 4) is 28.5 Å². The monoisotopic (exact) mass is 561 g/mol. The molecule has 4 aromatic rings. The first kappa shape index (κ1) is 27.4. The molecular weight excluding hydrogens is 530 g/mol. The predicted octanol–water partition coefficient (Wildman–Crippen LogP) is 4.13. The maximum Gasteiger partial charge on any atom is 0.248 e. The number of nitrogens with zero attached hydrogens (tertiary/aromatic N) is 4. The molecule has 1 aliphatic rings. The minimum atomic E-state index is -1.59. The smallest absolute Gasteiger partial charge is 0.248 e. The van der Waals surface area contributed by atoms with Crippen molar-refractivity contribution in [3.63, 3.8) is 0 Å². The lowest BCUT2D eigenvalue weighted by Crippen LogP contribution is -2.44. The minimum Gasteiger partial charge on any atom is -0.480 e. The van der Waals surface area contributed by atoms with Crippen LogP contribution in [0.1, 0.15) is 25.3 Å². The highest BCUT2D eigenvalue weighted by atomic mass is 32.2. The molecule has 2 aromatic carbocycles. The van der Waals surface area contributed by atoms with E-state index in [0.29, 0.717) is 56.8 Å². The van der Waals surface area contributed by atoms with Crippen LogP contribution in [0.25, 0.3) is 22.6 Å². The van der Waals surface area contributed by atoms with Crippen molar-refractivity contribution in [2.45, 2.75) is 37.5 Å². The van der Waals surface area contributed by atoms with Crippen LogP contribution in [-0.4, -0.2) is 62.9 Å². The lowest BCUT2D eigenvalue weighted by atomic mass is 9.98. The zero-order valence-electron chi connectivity index (χ0n) is 22.5. The van der Waals surface area contributed by atoms with E-state index in [2.05, 4.69) is 24.8 Å². The molecule has 0 spiro atoms. The fraction of sp³-hybridized carbons (Fsp3) is 0.286. The number of hydrogen-bond donors (Lipinski definition) is 3. The highest BCUT2D eigenvalue weighted by Crippen LogP contribution is 2.36. The lowest BCUT2D eigenvalue weighted by molar-refractivity contribution is -0.0721. The van der Waals surface area contributed by atoms with Crippen LogP contribution in [0.2, 0.25) is 0 Å². The van der Waals surface area contributed by atoms with Crippen molar-refractivity contribution in [2.24, 2.45) is 0 Å². The van der Waals surface area contributed by atoms with Gasteiger partial charge in [0.2, 0.25) is 17.7 Å². The van der Waals surface area contributed by atoms with Crippen LogP contribution in [0.3, 0.4) is 0 Å². The maximum absolute atomic E-state index is 13.2. The fourth-order valence-electron chi connectivity index (χ4n) is 4.77. The van der Waals surface area contributed by atoms with Gasteiger partial charge >= 0.3 is 0 Å². The Morgan fingerprint density at radius 2 is 1.90 bits per heavy atom. The van der Waals surface area contributed by atoms with Crippen LogP contribution in [0.4, 0.5) is 11.4 Å². The van der Waals surface area contributed by atoms with Gasteiger partial charge in [0.1, 0.15) is 11.0 Å². The van der Waals surface area contributed by atoms with Crippen molar-refractivity contribution in [2.75, 3.05) is 30.7 Å². The van der Waals surface area contributed by atoms with Gasteiger partial charge in [0.15, 0.2) is 0 Å². The van der Waals surface area contributed by atoms with Gasteiger partial charge in [0, 0.05) is 36.6 Å². The molecule has 1 aliphatic heterocycles. The second-order valence-electron chi connectivity index (χ2n) is 9.59. The number of rotatable bonds is 9. The van der Waals surface area contributed by atoms with Crippen LogP contribution in [0.15, 0.2) is 64.0 Å². The third-order valence-corrected chi connectivity index (χ3v) is 7.55. The minimum absolute atomic E-state index is 0.108. The Kier molecular flexibility index (Phi) is 8.19. The summed E-state index contributed by atoms with van der Waals surface area (Å²) >= 11 is 0. The number of nitrogens with two attached hydrogens (primary N) is 1. The van der Waals surface area contributed by atoms with E-state index in [9.17, 15) is 4.21 Å². The van der Waals surface area contributed by atoms with Gasteiger partial charge in [0.05, 0.1) is 47.7 Å². The van der Waals surface area contributed by atoms with E-state index in [1.807, 2.05) is 38.1 Å². The SMILES string of the molecule is COc1ncc(-c2cc(NS(=O)c3ccccc3)c(C=N)c(-c3nnc(CN4CC(C)OC(C)C4)o3)c2)cc1N. The number of anilines is 2. The number of aromatic nitrogens is 3. The van der Waals surface area contributed by atoms with Gasteiger partial charge in [-0.2, -0.15) is 0 Å². The summed E-state index contributed by atoms with van der Waals surface area (Å²) in [5, 5.41) is 16.8. The van der Waals surface area contributed by atoms with E-state index in [1.54, 1.807) is 30.5 Å². The summed E-state index contributed by atoms with van der Waals surface area (Å²) in [6.07, 6.45) is 3.03. The molecule has 0 saturated carbocycles. The van der Waals surface area contributed by atoms with Gasteiger partial charge in [0.25, 0.3) is 0 Å². The van der Waals surface area contributed by atoms with E-state index in [4.69, 9.17) is 25.0 Å². The molecule has 3 atom stereocenters. The molecular formula is C28H31N7O4S. The Morgan fingerprint density at radius 1 is 1.15 bits per heavy atom. The second-order valence-corrected chi connectivity index (χ2v) is 10.8. The normalized spacial score (nSPS) is 18.3. The molecule has 40 heavy (non-hydrogen) atoms. The molecule has 3 unspecified atom stereocenters. The van der Waals surface area contributed by atoms with Gasteiger partial charge < -0.3 is 29.8 Å². The quantitative estimate of drug-likeness (QED) is 0.256. The molecule has 1 fully saturated rings. The third-order valence-electron chi connectivity index (χ3n) is 6.44. The first-order valence-corrected chi connectivity index (χ1v) is 13.9. The third kappa shape index (κ3) is 6.03. The van der Waals surface area contributed by atoms with Crippen LogP contribution >= 0.6 is 0 Å². The van der Waals surface area contributed by atoms with E-state index in [-0.39, 0.29) is 18.1 Å². The summed E-state index contributed by atoms with van der Waals surface area (Å²) in [7, 11) is -0.0889. The maximum atomic E-state index is 13.2. The summed E-state index contributed by atoms with van der Waals surface area (Å²) in [5.41, 5.74) is 9.32. The highest BCUT2D eigenvalue weighted by molar-refractivity contribution is 7.86. The zero-order chi connectivity index (χ0) is 28.2. The summed E-state index contributed by atoms with van der Waals surface area (Å²) in [5.74, 6) is 1.01. The Labute approximate surface area is 234 Å². The molecule has 12 heteroatoms. The van der Waals surface area contributed by atoms with Gasteiger partial charge in [-0.15, -0.1) is 10.2 Å². The van der Waals surface area contributed by atoms with Crippen LogP contribution in [0.5, 0.6) is 5.88 Å². The van der Waals surface area contributed by atoms with Crippen molar-refractivity contribution in [1.82, 2.24) is 20.1 Å².